The molecular formula is C27H20ClN3O4. The second kappa shape index (κ2) is 10.2. The van der Waals surface area contributed by atoms with Crippen molar-refractivity contribution in [3.63, 3.8) is 0 Å². The lowest BCUT2D eigenvalue weighted by Gasteiger charge is -2.21. The predicted molar refractivity (Wildman–Crippen MR) is 134 cm³/mol. The number of aromatic nitrogens is 1. The zero-order valence-electron chi connectivity index (χ0n) is 18.7. The molecular weight excluding hydrogens is 466 g/mol. The second-order valence-corrected chi connectivity index (χ2v) is 8.11. The van der Waals surface area contributed by atoms with Crippen molar-refractivity contribution in [3.8, 4) is 23.1 Å². The molecule has 0 bridgehead atoms. The maximum atomic E-state index is 13.4. The van der Waals surface area contributed by atoms with Crippen LogP contribution < -0.4 is 9.64 Å². The molecule has 4 rings (SSSR count). The first kappa shape index (κ1) is 23.7. The van der Waals surface area contributed by atoms with Gasteiger partial charge in [-0.25, -0.2) is 4.98 Å². The Balaban J connectivity index is 1.70. The van der Waals surface area contributed by atoms with E-state index in [9.17, 15) is 14.9 Å². The van der Waals surface area contributed by atoms with Crippen molar-refractivity contribution in [2.45, 2.75) is 6.42 Å². The van der Waals surface area contributed by atoms with Crippen LogP contribution in [0.25, 0.3) is 22.2 Å². The Morgan fingerprint density at radius 2 is 1.83 bits per heavy atom. The van der Waals surface area contributed by atoms with E-state index in [4.69, 9.17) is 21.4 Å². The molecule has 0 aliphatic heterocycles. The van der Waals surface area contributed by atoms with Crippen LogP contribution in [0.15, 0.2) is 72.8 Å². The fraction of sp³-hybridized carbons (Fsp3) is 0.111. The summed E-state index contributed by atoms with van der Waals surface area (Å²) in [6.45, 7) is -0.0238. The van der Waals surface area contributed by atoms with Gasteiger partial charge >= 0.3 is 5.97 Å². The molecule has 7 nitrogen and oxygen atoms in total. The first-order valence-corrected chi connectivity index (χ1v) is 11.1. The summed E-state index contributed by atoms with van der Waals surface area (Å²) in [5, 5.41) is 19.8. The number of carboxylic acid groups (broad SMARTS) is 1. The van der Waals surface area contributed by atoms with E-state index in [1.54, 1.807) is 55.6 Å². The number of fused-ring (bicyclic) bond motifs is 1. The number of pyridine rings is 1. The molecule has 8 heteroatoms. The van der Waals surface area contributed by atoms with Gasteiger partial charge in [-0.2, -0.15) is 5.26 Å². The molecule has 1 amide bonds. The molecule has 4 aromatic rings. The summed E-state index contributed by atoms with van der Waals surface area (Å²) in [6, 6.07) is 23.1. The Bertz CT molecular complexity index is 1480. The third-order valence-corrected chi connectivity index (χ3v) is 5.75. The van der Waals surface area contributed by atoms with Gasteiger partial charge in [0.15, 0.2) is 0 Å². The number of carbonyl (C=O) groups excluding carboxylic acids is 1. The smallest absolute Gasteiger partial charge is 0.306 e. The number of hydrogen-bond acceptors (Lipinski definition) is 5. The highest BCUT2D eigenvalue weighted by atomic mass is 35.5. The minimum Gasteiger partial charge on any atom is -0.491 e. The van der Waals surface area contributed by atoms with Gasteiger partial charge in [0.1, 0.15) is 11.8 Å². The molecule has 0 aliphatic carbocycles. The van der Waals surface area contributed by atoms with E-state index in [0.29, 0.717) is 44.4 Å². The number of nitriles is 1. The SMILES string of the molecule is CN(C(=O)c1ccc(Cl)c(-c2nc3ccccc3cc2C#N)c1)c1ccccc1OCCC(=O)O. The Morgan fingerprint density at radius 3 is 2.60 bits per heavy atom. The summed E-state index contributed by atoms with van der Waals surface area (Å²) in [7, 11) is 1.60. The lowest BCUT2D eigenvalue weighted by molar-refractivity contribution is -0.137. The summed E-state index contributed by atoms with van der Waals surface area (Å²) >= 11 is 6.48. The lowest BCUT2D eigenvalue weighted by atomic mass is 10.0. The van der Waals surface area contributed by atoms with E-state index in [2.05, 4.69) is 11.1 Å². The van der Waals surface area contributed by atoms with E-state index in [1.807, 2.05) is 24.3 Å². The number of carbonyl (C=O) groups is 2. The second-order valence-electron chi connectivity index (χ2n) is 7.71. The molecule has 1 heterocycles. The van der Waals surface area contributed by atoms with Crippen molar-refractivity contribution >= 4 is 40.1 Å². The van der Waals surface area contributed by atoms with Crippen molar-refractivity contribution in [3.05, 3.63) is 88.9 Å². The van der Waals surface area contributed by atoms with Gasteiger partial charge in [-0.05, 0) is 42.5 Å². The maximum absolute atomic E-state index is 13.4. The molecule has 0 saturated carbocycles. The standard InChI is InChI=1S/C27H20ClN3O4/c1-31(23-8-4-5-9-24(23)35-13-12-25(32)33)27(34)18-10-11-21(28)20(15-18)26-19(16-29)14-17-6-2-3-7-22(17)30-26/h2-11,14-15H,12-13H2,1H3,(H,32,33). The van der Waals surface area contributed by atoms with Gasteiger partial charge in [-0.3, -0.25) is 9.59 Å². The van der Waals surface area contributed by atoms with Gasteiger partial charge in [-0.1, -0.05) is 41.9 Å². The number of para-hydroxylation sites is 3. The fourth-order valence-electron chi connectivity index (χ4n) is 3.65. The topological polar surface area (TPSA) is 104 Å². The summed E-state index contributed by atoms with van der Waals surface area (Å²) < 4.78 is 5.60. The molecule has 0 atom stereocenters. The number of carboxylic acids is 1. The molecule has 0 spiro atoms. The zero-order chi connectivity index (χ0) is 24.9. The Hall–Kier alpha value is -4.41. The summed E-state index contributed by atoms with van der Waals surface area (Å²) in [5.41, 5.74) is 2.75. The average molecular weight is 486 g/mol. The number of anilines is 1. The minimum absolute atomic E-state index is 0.0238. The largest absolute Gasteiger partial charge is 0.491 e. The monoisotopic (exact) mass is 485 g/mol. The van der Waals surface area contributed by atoms with Crippen molar-refractivity contribution in [2.75, 3.05) is 18.6 Å². The minimum atomic E-state index is -0.973. The normalized spacial score (nSPS) is 10.5. The Morgan fingerprint density at radius 1 is 1.09 bits per heavy atom. The Kier molecular flexibility index (Phi) is 6.95. The molecule has 0 unspecified atom stereocenters. The highest BCUT2D eigenvalue weighted by Crippen LogP contribution is 2.33. The van der Waals surface area contributed by atoms with Gasteiger partial charge in [0.05, 0.1) is 40.5 Å². The zero-order valence-corrected chi connectivity index (χ0v) is 19.5. The van der Waals surface area contributed by atoms with Crippen LogP contribution in [0, 0.1) is 11.3 Å². The maximum Gasteiger partial charge on any atom is 0.306 e. The fourth-order valence-corrected chi connectivity index (χ4v) is 3.86. The van der Waals surface area contributed by atoms with Crippen molar-refractivity contribution in [1.82, 2.24) is 4.98 Å². The van der Waals surface area contributed by atoms with Gasteiger partial charge in [0, 0.05) is 23.6 Å². The van der Waals surface area contributed by atoms with E-state index < -0.39 is 5.97 Å². The summed E-state index contributed by atoms with van der Waals surface area (Å²) in [5.74, 6) is -0.919. The molecule has 1 N–H and O–H groups in total. The van der Waals surface area contributed by atoms with E-state index in [-0.39, 0.29) is 18.9 Å². The molecule has 35 heavy (non-hydrogen) atoms. The van der Waals surface area contributed by atoms with Crippen molar-refractivity contribution < 1.29 is 19.4 Å². The molecule has 0 aliphatic rings. The first-order chi connectivity index (χ1) is 16.9. The number of benzene rings is 3. The van der Waals surface area contributed by atoms with Crippen LogP contribution in [0.5, 0.6) is 5.75 Å². The van der Waals surface area contributed by atoms with Crippen LogP contribution in [0.1, 0.15) is 22.3 Å². The molecule has 0 saturated heterocycles. The van der Waals surface area contributed by atoms with Gasteiger partial charge in [0.25, 0.3) is 5.91 Å². The number of nitrogens with zero attached hydrogens (tertiary/aromatic N) is 3. The predicted octanol–water partition coefficient (Wildman–Crippen LogP) is 5.56. The molecule has 3 aromatic carbocycles. The molecule has 1 aromatic heterocycles. The van der Waals surface area contributed by atoms with Crippen LogP contribution in [-0.4, -0.2) is 35.6 Å². The average Bonchev–Trinajstić information content (AvgIpc) is 2.87. The first-order valence-electron chi connectivity index (χ1n) is 10.7. The van der Waals surface area contributed by atoms with Crippen LogP contribution in [0.3, 0.4) is 0 Å². The molecule has 0 radical (unpaired) electrons. The van der Waals surface area contributed by atoms with Gasteiger partial charge < -0.3 is 14.7 Å². The van der Waals surface area contributed by atoms with Crippen LogP contribution in [-0.2, 0) is 4.79 Å². The van der Waals surface area contributed by atoms with E-state index in [1.165, 1.54) is 4.90 Å². The molecule has 174 valence electrons. The lowest BCUT2D eigenvalue weighted by Crippen LogP contribution is -2.27. The molecule has 0 fully saturated rings. The van der Waals surface area contributed by atoms with E-state index >= 15 is 0 Å². The number of rotatable bonds is 7. The van der Waals surface area contributed by atoms with Gasteiger partial charge in [-0.15, -0.1) is 0 Å². The van der Waals surface area contributed by atoms with Crippen LogP contribution in [0.2, 0.25) is 5.02 Å². The number of aliphatic carboxylic acids is 1. The Labute approximate surface area is 206 Å². The van der Waals surface area contributed by atoms with E-state index in [0.717, 1.165) is 5.39 Å². The van der Waals surface area contributed by atoms with Crippen LogP contribution in [0.4, 0.5) is 5.69 Å². The number of hydrogen-bond donors (Lipinski definition) is 1. The number of amides is 1. The van der Waals surface area contributed by atoms with Crippen LogP contribution >= 0.6 is 11.6 Å². The quantitative estimate of drug-likeness (QED) is 0.367. The number of ether oxygens (including phenoxy) is 1. The summed E-state index contributed by atoms with van der Waals surface area (Å²) in [6.07, 6.45) is -0.160. The summed E-state index contributed by atoms with van der Waals surface area (Å²) in [4.78, 5) is 30.3. The highest BCUT2D eigenvalue weighted by Gasteiger charge is 2.20. The van der Waals surface area contributed by atoms with Crippen molar-refractivity contribution in [2.24, 2.45) is 0 Å². The number of halogens is 1. The van der Waals surface area contributed by atoms with Gasteiger partial charge in [0.2, 0.25) is 0 Å². The third kappa shape index (κ3) is 5.08. The van der Waals surface area contributed by atoms with Crippen molar-refractivity contribution in [1.29, 1.82) is 5.26 Å². The third-order valence-electron chi connectivity index (χ3n) is 5.42. The highest BCUT2D eigenvalue weighted by molar-refractivity contribution is 6.33.